The molecule has 0 saturated carbocycles. The molecule has 0 unspecified atom stereocenters. The van der Waals surface area contributed by atoms with E-state index >= 15 is 0 Å². The zero-order chi connectivity index (χ0) is 16.8. The second-order valence-corrected chi connectivity index (χ2v) is 5.24. The lowest BCUT2D eigenvalue weighted by atomic mass is 10.1. The molecular formula is C18H19N3O2. The van der Waals surface area contributed by atoms with Crippen LogP contribution in [0.2, 0.25) is 0 Å². The largest absolute Gasteiger partial charge is 0.510 e. The molecule has 118 valence electrons. The topological polar surface area (TPSA) is 74.0 Å². The number of hydrogen-bond donors (Lipinski definition) is 2. The molecule has 5 nitrogen and oxygen atoms in total. The Kier molecular flexibility index (Phi) is 5.25. The van der Waals surface area contributed by atoms with Gasteiger partial charge >= 0.3 is 0 Å². The minimum Gasteiger partial charge on any atom is -0.510 e. The molecule has 0 aromatic heterocycles. The maximum atomic E-state index is 12.2. The van der Waals surface area contributed by atoms with Gasteiger partial charge in [-0.1, -0.05) is 30.3 Å². The summed E-state index contributed by atoms with van der Waals surface area (Å²) in [7, 11) is 0. The quantitative estimate of drug-likeness (QED) is 0.483. The number of para-hydroxylation sites is 1. The molecule has 2 aromatic carbocycles. The van der Waals surface area contributed by atoms with Crippen LogP contribution in [0.3, 0.4) is 0 Å². The molecule has 0 aliphatic rings. The number of aliphatic hydroxyl groups excluding tert-OH is 1. The van der Waals surface area contributed by atoms with Crippen LogP contribution in [0.5, 0.6) is 0 Å². The van der Waals surface area contributed by atoms with Crippen molar-refractivity contribution in [3.63, 3.8) is 0 Å². The lowest BCUT2D eigenvalue weighted by molar-refractivity contribution is -0.113. The Morgan fingerprint density at radius 1 is 1.09 bits per heavy atom. The smallest absolute Gasteiger partial charge is 0.279 e. The van der Waals surface area contributed by atoms with Crippen molar-refractivity contribution >= 4 is 17.3 Å². The van der Waals surface area contributed by atoms with Gasteiger partial charge in [0.05, 0.1) is 5.69 Å². The van der Waals surface area contributed by atoms with Crippen molar-refractivity contribution in [1.82, 2.24) is 0 Å². The van der Waals surface area contributed by atoms with Crippen LogP contribution in [0.4, 0.5) is 11.4 Å². The summed E-state index contributed by atoms with van der Waals surface area (Å²) in [5.41, 5.74) is 3.16. The van der Waals surface area contributed by atoms with E-state index in [1.807, 2.05) is 50.2 Å². The van der Waals surface area contributed by atoms with Crippen molar-refractivity contribution in [1.29, 1.82) is 0 Å². The fraction of sp³-hybridized carbons (Fsp3) is 0.167. The van der Waals surface area contributed by atoms with Gasteiger partial charge < -0.3 is 10.4 Å². The van der Waals surface area contributed by atoms with E-state index in [2.05, 4.69) is 15.5 Å². The third-order valence-electron chi connectivity index (χ3n) is 3.21. The van der Waals surface area contributed by atoms with Crippen LogP contribution in [0, 0.1) is 13.8 Å². The zero-order valence-corrected chi connectivity index (χ0v) is 13.4. The maximum absolute atomic E-state index is 12.2. The lowest BCUT2D eigenvalue weighted by Gasteiger charge is -2.06. The fourth-order valence-electron chi connectivity index (χ4n) is 1.92. The summed E-state index contributed by atoms with van der Waals surface area (Å²) in [5, 5.41) is 20.4. The molecule has 0 fully saturated rings. The summed E-state index contributed by atoms with van der Waals surface area (Å²) in [6.07, 6.45) is 0. The predicted molar refractivity (Wildman–Crippen MR) is 90.8 cm³/mol. The first-order chi connectivity index (χ1) is 11.0. The summed E-state index contributed by atoms with van der Waals surface area (Å²) in [6.45, 7) is 5.27. The van der Waals surface area contributed by atoms with Crippen molar-refractivity contribution < 1.29 is 9.90 Å². The third kappa shape index (κ3) is 4.51. The molecule has 1 amide bonds. The van der Waals surface area contributed by atoms with Crippen LogP contribution in [-0.2, 0) is 4.79 Å². The second kappa shape index (κ2) is 7.35. The van der Waals surface area contributed by atoms with Crippen molar-refractivity contribution in [2.24, 2.45) is 10.2 Å². The second-order valence-electron chi connectivity index (χ2n) is 5.24. The molecule has 0 aliphatic carbocycles. The van der Waals surface area contributed by atoms with Crippen LogP contribution in [0.25, 0.3) is 0 Å². The van der Waals surface area contributed by atoms with Gasteiger partial charge in [0.1, 0.15) is 5.76 Å². The van der Waals surface area contributed by atoms with Crippen LogP contribution >= 0.6 is 0 Å². The van der Waals surface area contributed by atoms with E-state index in [9.17, 15) is 9.90 Å². The maximum Gasteiger partial charge on any atom is 0.279 e. The van der Waals surface area contributed by atoms with Gasteiger partial charge in [0.2, 0.25) is 0 Å². The highest BCUT2D eigenvalue weighted by atomic mass is 16.3. The number of allylic oxidation sites excluding steroid dienone is 1. The van der Waals surface area contributed by atoms with Crippen molar-refractivity contribution in [2.45, 2.75) is 20.8 Å². The molecule has 2 rings (SSSR count). The van der Waals surface area contributed by atoms with Gasteiger partial charge in [-0.25, -0.2) is 0 Å². The van der Waals surface area contributed by atoms with Gasteiger partial charge in [0.15, 0.2) is 5.70 Å². The molecule has 23 heavy (non-hydrogen) atoms. The van der Waals surface area contributed by atoms with Crippen LogP contribution in [0.15, 0.2) is 70.2 Å². The average Bonchev–Trinajstić information content (AvgIpc) is 2.51. The number of aliphatic hydroxyl groups is 1. The van der Waals surface area contributed by atoms with Gasteiger partial charge in [0.25, 0.3) is 5.91 Å². The molecule has 2 N–H and O–H groups in total. The number of nitrogens with one attached hydrogen (secondary N) is 1. The predicted octanol–water partition coefficient (Wildman–Crippen LogP) is 4.82. The SMILES string of the molecule is C/C(O)=C(/N=Nc1cc(C)ccc1C)C(=O)Nc1ccccc1. The number of nitrogens with zero attached hydrogens (tertiary/aromatic N) is 2. The van der Waals surface area contributed by atoms with Gasteiger partial charge in [-0.2, -0.15) is 0 Å². The number of carbonyl (C=O) groups excluding carboxylic acids is 1. The number of anilines is 1. The van der Waals surface area contributed by atoms with Crippen molar-refractivity contribution in [3.05, 3.63) is 71.1 Å². The van der Waals surface area contributed by atoms with Crippen molar-refractivity contribution in [3.8, 4) is 0 Å². The average molecular weight is 309 g/mol. The molecule has 0 spiro atoms. The number of hydrogen-bond acceptors (Lipinski definition) is 4. The first-order valence-corrected chi connectivity index (χ1v) is 7.22. The first-order valence-electron chi connectivity index (χ1n) is 7.22. The van der Waals surface area contributed by atoms with Gasteiger partial charge in [0, 0.05) is 5.69 Å². The molecule has 0 aliphatic heterocycles. The number of azo groups is 1. The summed E-state index contributed by atoms with van der Waals surface area (Å²) in [4.78, 5) is 12.2. The van der Waals surface area contributed by atoms with E-state index in [-0.39, 0.29) is 11.5 Å². The fourth-order valence-corrected chi connectivity index (χ4v) is 1.92. The lowest BCUT2D eigenvalue weighted by Crippen LogP contribution is -2.14. The van der Waals surface area contributed by atoms with E-state index in [0.29, 0.717) is 11.4 Å². The van der Waals surface area contributed by atoms with Crippen molar-refractivity contribution in [2.75, 3.05) is 5.32 Å². The Labute approximate surface area is 135 Å². The van der Waals surface area contributed by atoms with Crippen LogP contribution in [0.1, 0.15) is 18.1 Å². The minimum absolute atomic E-state index is 0.116. The van der Waals surface area contributed by atoms with E-state index in [1.54, 1.807) is 12.1 Å². The number of amides is 1. The third-order valence-corrected chi connectivity index (χ3v) is 3.21. The highest BCUT2D eigenvalue weighted by molar-refractivity contribution is 6.03. The highest BCUT2D eigenvalue weighted by Crippen LogP contribution is 2.22. The molecule has 0 atom stereocenters. The minimum atomic E-state index is -0.509. The van der Waals surface area contributed by atoms with Gasteiger partial charge in [-0.3, -0.25) is 4.79 Å². The molecule has 0 heterocycles. The van der Waals surface area contributed by atoms with E-state index in [4.69, 9.17) is 0 Å². The highest BCUT2D eigenvalue weighted by Gasteiger charge is 2.13. The summed E-state index contributed by atoms with van der Waals surface area (Å²) in [6, 6.07) is 14.8. The normalized spacial score (nSPS) is 12.1. The standard InChI is InChI=1S/C18H19N3O2/c1-12-9-10-13(2)16(11-12)20-21-17(14(3)22)18(23)19-15-7-5-4-6-8-15/h4-11,22H,1-3H3,(H,19,23)/b17-14-,21-20?. The van der Waals surface area contributed by atoms with Gasteiger partial charge in [-0.05, 0) is 50.1 Å². The Hall–Kier alpha value is -2.95. The molecule has 0 radical (unpaired) electrons. The Bertz CT molecular complexity index is 761. The number of carbonyl (C=O) groups is 1. The summed E-state index contributed by atoms with van der Waals surface area (Å²) < 4.78 is 0. The summed E-state index contributed by atoms with van der Waals surface area (Å²) >= 11 is 0. The molecule has 5 heteroatoms. The van der Waals surface area contributed by atoms with E-state index < -0.39 is 5.91 Å². The Morgan fingerprint density at radius 3 is 2.43 bits per heavy atom. The van der Waals surface area contributed by atoms with E-state index in [0.717, 1.165) is 11.1 Å². The molecular weight excluding hydrogens is 290 g/mol. The zero-order valence-electron chi connectivity index (χ0n) is 13.4. The summed E-state index contributed by atoms with van der Waals surface area (Å²) in [5.74, 6) is -0.697. The molecule has 0 saturated heterocycles. The number of aryl methyl sites for hydroxylation is 2. The van der Waals surface area contributed by atoms with Gasteiger partial charge in [-0.15, -0.1) is 10.2 Å². The molecule has 0 bridgehead atoms. The number of benzene rings is 2. The number of rotatable bonds is 4. The Balaban J connectivity index is 2.23. The van der Waals surface area contributed by atoms with Crippen LogP contribution in [-0.4, -0.2) is 11.0 Å². The first kappa shape index (κ1) is 16.4. The van der Waals surface area contributed by atoms with Crippen LogP contribution < -0.4 is 5.32 Å². The Morgan fingerprint density at radius 2 is 1.78 bits per heavy atom. The monoisotopic (exact) mass is 309 g/mol. The molecule has 2 aromatic rings. The van der Waals surface area contributed by atoms with E-state index in [1.165, 1.54) is 6.92 Å².